The van der Waals surface area contributed by atoms with Crippen molar-refractivity contribution in [2.75, 3.05) is 4.72 Å². The van der Waals surface area contributed by atoms with E-state index in [0.29, 0.717) is 17.7 Å². The maximum absolute atomic E-state index is 13.5. The fourth-order valence-electron chi connectivity index (χ4n) is 1.60. The van der Waals surface area contributed by atoms with Crippen molar-refractivity contribution in [3.05, 3.63) is 59.4 Å². The van der Waals surface area contributed by atoms with Crippen LogP contribution in [0.5, 0.6) is 0 Å². The number of benzene rings is 2. The van der Waals surface area contributed by atoms with Crippen molar-refractivity contribution in [2.45, 2.75) is 11.5 Å². The molecule has 0 aromatic heterocycles. The molecular formula is C13H10F3NO3S. The highest BCUT2D eigenvalue weighted by molar-refractivity contribution is 7.92. The highest BCUT2D eigenvalue weighted by Gasteiger charge is 2.24. The molecule has 21 heavy (non-hydrogen) atoms. The van der Waals surface area contributed by atoms with Gasteiger partial charge in [-0.05, 0) is 29.8 Å². The van der Waals surface area contributed by atoms with Gasteiger partial charge in [0.2, 0.25) is 0 Å². The zero-order valence-electron chi connectivity index (χ0n) is 10.5. The van der Waals surface area contributed by atoms with Gasteiger partial charge in [-0.15, -0.1) is 0 Å². The smallest absolute Gasteiger partial charge is 0.264 e. The Morgan fingerprint density at radius 2 is 1.57 bits per heavy atom. The lowest BCUT2D eigenvalue weighted by molar-refractivity contribution is 0.282. The molecule has 0 radical (unpaired) electrons. The number of aliphatic hydroxyl groups excluding tert-OH is 1. The number of anilines is 1. The molecule has 0 saturated carbocycles. The maximum Gasteiger partial charge on any atom is 0.264 e. The van der Waals surface area contributed by atoms with Crippen LogP contribution in [0.4, 0.5) is 18.9 Å². The third-order valence-corrected chi connectivity index (χ3v) is 4.08. The Balaban J connectivity index is 2.36. The van der Waals surface area contributed by atoms with Crippen molar-refractivity contribution in [1.82, 2.24) is 0 Å². The Morgan fingerprint density at radius 1 is 0.952 bits per heavy atom. The Morgan fingerprint density at radius 3 is 2.14 bits per heavy atom. The monoisotopic (exact) mass is 317 g/mol. The standard InChI is InChI=1S/C13H10F3NO3S/c14-10-5-6-11(13(16)12(10)15)21(19,20)17-9-3-1-8(7-18)2-4-9/h1-6,17-18H,7H2. The second-order valence-electron chi connectivity index (χ2n) is 4.13. The van der Waals surface area contributed by atoms with Gasteiger partial charge in [0.1, 0.15) is 4.90 Å². The highest BCUT2D eigenvalue weighted by atomic mass is 32.2. The van der Waals surface area contributed by atoms with E-state index in [0.717, 1.165) is 0 Å². The van der Waals surface area contributed by atoms with E-state index in [9.17, 15) is 21.6 Å². The molecule has 8 heteroatoms. The molecule has 0 saturated heterocycles. The average Bonchev–Trinajstić information content (AvgIpc) is 2.45. The summed E-state index contributed by atoms with van der Waals surface area (Å²) >= 11 is 0. The maximum atomic E-state index is 13.5. The van der Waals surface area contributed by atoms with Crippen molar-refractivity contribution in [3.8, 4) is 0 Å². The minimum atomic E-state index is -4.40. The van der Waals surface area contributed by atoms with Crippen molar-refractivity contribution >= 4 is 15.7 Å². The molecule has 0 spiro atoms. The van der Waals surface area contributed by atoms with Crippen LogP contribution in [0.1, 0.15) is 5.56 Å². The summed E-state index contributed by atoms with van der Waals surface area (Å²) in [6.45, 7) is -0.217. The summed E-state index contributed by atoms with van der Waals surface area (Å²) < 4.78 is 65.3. The molecular weight excluding hydrogens is 307 g/mol. The third-order valence-electron chi connectivity index (χ3n) is 2.68. The molecule has 0 bridgehead atoms. The second kappa shape index (κ2) is 5.74. The van der Waals surface area contributed by atoms with Crippen LogP contribution in [-0.2, 0) is 16.6 Å². The summed E-state index contributed by atoms with van der Waals surface area (Å²) in [6.07, 6.45) is 0. The van der Waals surface area contributed by atoms with Gasteiger partial charge in [-0.25, -0.2) is 21.6 Å². The zero-order valence-corrected chi connectivity index (χ0v) is 11.3. The van der Waals surface area contributed by atoms with E-state index >= 15 is 0 Å². The van der Waals surface area contributed by atoms with E-state index < -0.39 is 32.4 Å². The summed E-state index contributed by atoms with van der Waals surface area (Å²) in [5.74, 6) is -5.11. The minimum Gasteiger partial charge on any atom is -0.392 e. The molecule has 2 aromatic rings. The van der Waals surface area contributed by atoms with Crippen LogP contribution in [0.15, 0.2) is 41.3 Å². The summed E-state index contributed by atoms with van der Waals surface area (Å²) in [6, 6.07) is 6.78. The zero-order chi connectivity index (χ0) is 15.6. The van der Waals surface area contributed by atoms with Crippen LogP contribution in [0.2, 0.25) is 0 Å². The normalized spacial score (nSPS) is 11.4. The van der Waals surface area contributed by atoms with Gasteiger partial charge < -0.3 is 5.11 Å². The fourth-order valence-corrected chi connectivity index (χ4v) is 2.73. The minimum absolute atomic E-state index is 0.0938. The molecule has 0 aliphatic carbocycles. The topological polar surface area (TPSA) is 66.4 Å². The number of halogens is 3. The van der Waals surface area contributed by atoms with E-state index in [1.165, 1.54) is 24.3 Å². The molecule has 0 heterocycles. The summed E-state index contributed by atoms with van der Waals surface area (Å²) in [5, 5.41) is 8.87. The van der Waals surface area contributed by atoms with Gasteiger partial charge in [-0.1, -0.05) is 12.1 Å². The molecule has 2 rings (SSSR count). The Bertz CT molecular complexity index is 761. The first kappa shape index (κ1) is 15.3. The molecule has 0 atom stereocenters. The van der Waals surface area contributed by atoms with Crippen LogP contribution in [0.25, 0.3) is 0 Å². The molecule has 112 valence electrons. The van der Waals surface area contributed by atoms with Gasteiger partial charge in [0.15, 0.2) is 17.5 Å². The molecule has 0 unspecified atom stereocenters. The van der Waals surface area contributed by atoms with Crippen molar-refractivity contribution in [3.63, 3.8) is 0 Å². The van der Waals surface area contributed by atoms with Crippen LogP contribution in [-0.4, -0.2) is 13.5 Å². The Labute approximate surface area is 118 Å². The van der Waals surface area contributed by atoms with Gasteiger partial charge in [-0.3, -0.25) is 4.72 Å². The number of rotatable bonds is 4. The van der Waals surface area contributed by atoms with Gasteiger partial charge in [0, 0.05) is 5.69 Å². The molecule has 4 nitrogen and oxygen atoms in total. The van der Waals surface area contributed by atoms with E-state index in [2.05, 4.69) is 0 Å². The van der Waals surface area contributed by atoms with Gasteiger partial charge >= 0.3 is 0 Å². The van der Waals surface area contributed by atoms with Gasteiger partial charge in [0.25, 0.3) is 10.0 Å². The lowest BCUT2D eigenvalue weighted by atomic mass is 10.2. The second-order valence-corrected chi connectivity index (χ2v) is 5.78. The van der Waals surface area contributed by atoms with Gasteiger partial charge in [-0.2, -0.15) is 0 Å². The third kappa shape index (κ3) is 3.17. The van der Waals surface area contributed by atoms with Crippen molar-refractivity contribution in [2.24, 2.45) is 0 Å². The number of hydrogen-bond donors (Lipinski definition) is 2. The van der Waals surface area contributed by atoms with E-state index in [-0.39, 0.29) is 12.3 Å². The summed E-state index contributed by atoms with van der Waals surface area (Å²) in [5.41, 5.74) is 0.647. The quantitative estimate of drug-likeness (QED) is 0.851. The molecule has 0 amide bonds. The number of hydrogen-bond acceptors (Lipinski definition) is 3. The number of sulfonamides is 1. The van der Waals surface area contributed by atoms with Crippen LogP contribution >= 0.6 is 0 Å². The largest absolute Gasteiger partial charge is 0.392 e. The molecule has 2 aromatic carbocycles. The molecule has 2 N–H and O–H groups in total. The van der Waals surface area contributed by atoms with Crippen molar-refractivity contribution < 1.29 is 26.7 Å². The molecule has 0 fully saturated rings. The molecule has 0 aliphatic heterocycles. The summed E-state index contributed by atoms with van der Waals surface area (Å²) in [7, 11) is -4.40. The first-order valence-corrected chi connectivity index (χ1v) is 7.19. The van der Waals surface area contributed by atoms with E-state index in [1.807, 2.05) is 4.72 Å². The number of nitrogens with one attached hydrogen (secondary N) is 1. The first-order valence-electron chi connectivity index (χ1n) is 5.71. The van der Waals surface area contributed by atoms with Crippen LogP contribution in [0, 0.1) is 17.5 Å². The van der Waals surface area contributed by atoms with E-state index in [4.69, 9.17) is 5.11 Å². The SMILES string of the molecule is O=S(=O)(Nc1ccc(CO)cc1)c1ccc(F)c(F)c1F. The Kier molecular flexibility index (Phi) is 4.19. The van der Waals surface area contributed by atoms with E-state index in [1.54, 1.807) is 0 Å². The Hall–Kier alpha value is -2.06. The predicted molar refractivity (Wildman–Crippen MR) is 69.5 cm³/mol. The number of aliphatic hydroxyl groups is 1. The van der Waals surface area contributed by atoms with Crippen molar-refractivity contribution in [1.29, 1.82) is 0 Å². The first-order chi connectivity index (χ1) is 9.85. The van der Waals surface area contributed by atoms with Gasteiger partial charge in [0.05, 0.1) is 6.61 Å². The average molecular weight is 317 g/mol. The lowest BCUT2D eigenvalue weighted by Gasteiger charge is -2.10. The lowest BCUT2D eigenvalue weighted by Crippen LogP contribution is -2.15. The van der Waals surface area contributed by atoms with Crippen LogP contribution < -0.4 is 4.72 Å². The predicted octanol–water partition coefficient (Wildman–Crippen LogP) is 2.40. The van der Waals surface area contributed by atoms with Crippen LogP contribution in [0.3, 0.4) is 0 Å². The molecule has 0 aliphatic rings. The summed E-state index contributed by atoms with van der Waals surface area (Å²) in [4.78, 5) is -0.993. The highest BCUT2D eigenvalue weighted by Crippen LogP contribution is 2.22. The fraction of sp³-hybridized carbons (Fsp3) is 0.0769.